The van der Waals surface area contributed by atoms with Crippen molar-refractivity contribution in [3.63, 3.8) is 0 Å². The van der Waals surface area contributed by atoms with E-state index >= 15 is 0 Å². The molecule has 1 aromatic carbocycles. The third kappa shape index (κ3) is 3.55. The van der Waals surface area contributed by atoms with Gasteiger partial charge in [-0.1, -0.05) is 35.5 Å². The van der Waals surface area contributed by atoms with Gasteiger partial charge in [0.25, 0.3) is 5.71 Å². The molecule has 26 heavy (non-hydrogen) atoms. The van der Waals surface area contributed by atoms with E-state index in [4.69, 9.17) is 4.52 Å². The van der Waals surface area contributed by atoms with E-state index in [9.17, 15) is 0 Å². The van der Waals surface area contributed by atoms with E-state index < -0.39 is 0 Å². The maximum Gasteiger partial charge on any atom is 0.263 e. The van der Waals surface area contributed by atoms with Crippen molar-refractivity contribution in [3.8, 4) is 0 Å². The van der Waals surface area contributed by atoms with Crippen LogP contribution in [0.1, 0.15) is 24.1 Å². The van der Waals surface area contributed by atoms with Gasteiger partial charge in [-0.2, -0.15) is 4.98 Å². The van der Waals surface area contributed by atoms with Crippen molar-refractivity contribution in [2.45, 2.75) is 26.3 Å². The van der Waals surface area contributed by atoms with Gasteiger partial charge >= 0.3 is 0 Å². The van der Waals surface area contributed by atoms with E-state index in [1.54, 1.807) is 6.33 Å². The van der Waals surface area contributed by atoms with Crippen molar-refractivity contribution < 1.29 is 4.52 Å². The average Bonchev–Trinajstić information content (AvgIpc) is 3.05. The molecule has 1 saturated heterocycles. The normalized spacial score (nSPS) is 16.2. The SMILES string of the molecule is Cc1noc2ncnc(N(C)CC3CCN(Cc4ccccc4)CC3)c12. The third-order valence-corrected chi connectivity index (χ3v) is 5.27. The molecule has 0 unspecified atom stereocenters. The molecule has 0 saturated carbocycles. The molecule has 6 nitrogen and oxygen atoms in total. The molecule has 136 valence electrons. The van der Waals surface area contributed by atoms with Crippen molar-refractivity contribution in [2.24, 2.45) is 5.92 Å². The second-order valence-electron chi connectivity index (χ2n) is 7.23. The topological polar surface area (TPSA) is 58.3 Å². The van der Waals surface area contributed by atoms with E-state index in [0.29, 0.717) is 11.6 Å². The van der Waals surface area contributed by atoms with Crippen LogP contribution in [0.3, 0.4) is 0 Å². The number of rotatable bonds is 5. The lowest BCUT2D eigenvalue weighted by Crippen LogP contribution is -2.37. The lowest BCUT2D eigenvalue weighted by molar-refractivity contribution is 0.179. The van der Waals surface area contributed by atoms with Gasteiger partial charge in [-0.05, 0) is 44.3 Å². The summed E-state index contributed by atoms with van der Waals surface area (Å²) >= 11 is 0. The number of piperidine rings is 1. The molecule has 0 bridgehead atoms. The standard InChI is InChI=1S/C20H25N5O/c1-15-18-19(21-14-22-20(18)26-23-15)24(2)12-17-8-10-25(11-9-17)13-16-6-4-3-5-7-16/h3-7,14,17H,8-13H2,1-2H3. The molecule has 0 amide bonds. The number of aryl methyl sites for hydroxylation is 1. The maximum atomic E-state index is 5.27. The van der Waals surface area contributed by atoms with Crippen LogP contribution in [0, 0.1) is 12.8 Å². The molecule has 1 fully saturated rings. The number of likely N-dealkylation sites (tertiary alicyclic amines) is 1. The molecular weight excluding hydrogens is 326 g/mol. The molecule has 0 radical (unpaired) electrons. The Labute approximate surface area is 153 Å². The number of hydrogen-bond donors (Lipinski definition) is 0. The van der Waals surface area contributed by atoms with Gasteiger partial charge in [0.05, 0.1) is 5.69 Å². The van der Waals surface area contributed by atoms with E-state index in [-0.39, 0.29) is 0 Å². The lowest BCUT2D eigenvalue weighted by atomic mass is 9.96. The molecule has 3 aromatic rings. The fraction of sp³-hybridized carbons (Fsp3) is 0.450. The molecule has 0 aliphatic carbocycles. The smallest absolute Gasteiger partial charge is 0.263 e. The van der Waals surface area contributed by atoms with Crippen LogP contribution >= 0.6 is 0 Å². The Bertz CT molecular complexity index is 855. The summed E-state index contributed by atoms with van der Waals surface area (Å²) < 4.78 is 5.27. The Morgan fingerprint density at radius 3 is 2.69 bits per heavy atom. The average molecular weight is 351 g/mol. The van der Waals surface area contributed by atoms with Crippen LogP contribution in [0.4, 0.5) is 5.82 Å². The second-order valence-corrected chi connectivity index (χ2v) is 7.23. The zero-order valence-electron chi connectivity index (χ0n) is 15.4. The zero-order valence-corrected chi connectivity index (χ0v) is 15.4. The Kier molecular flexibility index (Phi) is 4.84. The number of hydrogen-bond acceptors (Lipinski definition) is 6. The first-order chi connectivity index (χ1) is 12.7. The molecule has 0 spiro atoms. The largest absolute Gasteiger partial charge is 0.359 e. The number of aromatic nitrogens is 3. The van der Waals surface area contributed by atoms with Gasteiger partial charge < -0.3 is 9.42 Å². The van der Waals surface area contributed by atoms with Crippen molar-refractivity contribution >= 4 is 16.9 Å². The van der Waals surface area contributed by atoms with Gasteiger partial charge in [0.1, 0.15) is 17.5 Å². The van der Waals surface area contributed by atoms with Crippen LogP contribution in [-0.4, -0.2) is 46.7 Å². The van der Waals surface area contributed by atoms with Gasteiger partial charge in [0.2, 0.25) is 0 Å². The minimum absolute atomic E-state index is 0.567. The lowest BCUT2D eigenvalue weighted by Gasteiger charge is -2.34. The molecule has 0 N–H and O–H groups in total. The van der Waals surface area contributed by atoms with Crippen LogP contribution < -0.4 is 4.90 Å². The van der Waals surface area contributed by atoms with E-state index in [0.717, 1.165) is 43.1 Å². The predicted molar refractivity (Wildman–Crippen MR) is 102 cm³/mol. The summed E-state index contributed by atoms with van der Waals surface area (Å²) in [7, 11) is 2.10. The van der Waals surface area contributed by atoms with Crippen molar-refractivity contribution in [1.29, 1.82) is 0 Å². The first-order valence-electron chi connectivity index (χ1n) is 9.25. The highest BCUT2D eigenvalue weighted by molar-refractivity contribution is 5.87. The first-order valence-corrected chi connectivity index (χ1v) is 9.25. The minimum Gasteiger partial charge on any atom is -0.359 e. The molecular formula is C20H25N5O. The van der Waals surface area contributed by atoms with E-state index in [2.05, 4.69) is 62.3 Å². The van der Waals surface area contributed by atoms with Gasteiger partial charge in [0, 0.05) is 20.1 Å². The Hall–Kier alpha value is -2.47. The van der Waals surface area contributed by atoms with Gasteiger partial charge in [-0.25, -0.2) is 4.98 Å². The van der Waals surface area contributed by atoms with Gasteiger partial charge in [-0.3, -0.25) is 4.90 Å². The van der Waals surface area contributed by atoms with E-state index in [1.165, 1.54) is 18.4 Å². The number of fused-ring (bicyclic) bond motifs is 1. The van der Waals surface area contributed by atoms with Crippen molar-refractivity contribution in [2.75, 3.05) is 31.6 Å². The predicted octanol–water partition coefficient (Wildman–Crippen LogP) is 3.27. The maximum absolute atomic E-state index is 5.27. The van der Waals surface area contributed by atoms with Gasteiger partial charge in [-0.15, -0.1) is 0 Å². The molecule has 4 rings (SSSR count). The number of nitrogens with zero attached hydrogens (tertiary/aromatic N) is 5. The van der Waals surface area contributed by atoms with Crippen LogP contribution in [0.5, 0.6) is 0 Å². The summed E-state index contributed by atoms with van der Waals surface area (Å²) in [6, 6.07) is 10.7. The van der Waals surface area contributed by atoms with Crippen molar-refractivity contribution in [3.05, 3.63) is 47.9 Å². The first kappa shape index (κ1) is 17.0. The monoisotopic (exact) mass is 351 g/mol. The fourth-order valence-corrected chi connectivity index (χ4v) is 3.84. The second kappa shape index (κ2) is 7.41. The summed E-state index contributed by atoms with van der Waals surface area (Å²) in [4.78, 5) is 13.4. The van der Waals surface area contributed by atoms with E-state index in [1.807, 2.05) is 6.92 Å². The Morgan fingerprint density at radius 1 is 1.15 bits per heavy atom. The quantitative estimate of drug-likeness (QED) is 0.703. The van der Waals surface area contributed by atoms with Crippen molar-refractivity contribution in [1.82, 2.24) is 20.0 Å². The summed E-state index contributed by atoms with van der Waals surface area (Å²) in [5.41, 5.74) is 2.81. The third-order valence-electron chi connectivity index (χ3n) is 5.27. The molecule has 6 heteroatoms. The molecule has 1 aliphatic rings. The Morgan fingerprint density at radius 2 is 1.92 bits per heavy atom. The van der Waals surface area contributed by atoms with Crippen LogP contribution in [0.25, 0.3) is 11.1 Å². The summed E-state index contributed by atoms with van der Waals surface area (Å²) in [5, 5.41) is 4.95. The summed E-state index contributed by atoms with van der Waals surface area (Å²) in [5.74, 6) is 1.60. The van der Waals surface area contributed by atoms with Crippen LogP contribution in [0.15, 0.2) is 41.2 Å². The fourth-order valence-electron chi connectivity index (χ4n) is 3.84. The molecule has 2 aromatic heterocycles. The zero-order chi connectivity index (χ0) is 17.9. The highest BCUT2D eigenvalue weighted by Gasteiger charge is 2.22. The molecule has 3 heterocycles. The summed E-state index contributed by atoms with van der Waals surface area (Å²) in [6.07, 6.45) is 3.99. The summed E-state index contributed by atoms with van der Waals surface area (Å²) in [6.45, 7) is 6.29. The number of benzene rings is 1. The minimum atomic E-state index is 0.567. The highest BCUT2D eigenvalue weighted by Crippen LogP contribution is 2.27. The van der Waals surface area contributed by atoms with Crippen LogP contribution in [-0.2, 0) is 6.54 Å². The Balaban J connectivity index is 1.36. The molecule has 0 atom stereocenters. The highest BCUT2D eigenvalue weighted by atomic mass is 16.5. The number of anilines is 1. The van der Waals surface area contributed by atoms with Crippen LogP contribution in [0.2, 0.25) is 0 Å². The van der Waals surface area contributed by atoms with Gasteiger partial charge in [0.15, 0.2) is 0 Å². The molecule has 1 aliphatic heterocycles.